The Labute approximate surface area is 110 Å². The van der Waals surface area contributed by atoms with Gasteiger partial charge in [0.15, 0.2) is 6.61 Å². The number of nitrogens with one attached hydrogen (secondary N) is 1. The number of aromatic nitrogens is 2. The number of aryl methyl sites for hydroxylation is 1. The molecule has 0 unspecified atom stereocenters. The maximum absolute atomic E-state index is 11.6. The zero-order chi connectivity index (χ0) is 13.7. The number of carbonyl (C=O) groups excluding carboxylic acids is 1. The highest BCUT2D eigenvalue weighted by Gasteiger charge is 2.07. The number of carbonyl (C=O) groups is 1. The van der Waals surface area contributed by atoms with Crippen LogP contribution in [0.4, 0.5) is 5.69 Å². The third-order valence-electron chi connectivity index (χ3n) is 2.35. The fraction of sp³-hybridized carbons (Fsp3) is 0.154. The van der Waals surface area contributed by atoms with Gasteiger partial charge in [-0.2, -0.15) is 10.4 Å². The normalized spacial score (nSPS) is 9.68. The minimum Gasteiger partial charge on any atom is -0.482 e. The Morgan fingerprint density at radius 2 is 2.32 bits per heavy atom. The highest BCUT2D eigenvalue weighted by Crippen LogP contribution is 2.16. The molecule has 1 aromatic carbocycles. The maximum atomic E-state index is 11.6. The number of rotatable bonds is 4. The molecule has 0 aliphatic rings. The number of ether oxygens (including phenoxy) is 1. The van der Waals surface area contributed by atoms with Gasteiger partial charge in [-0.15, -0.1) is 0 Å². The Bertz CT molecular complexity index is 628. The van der Waals surface area contributed by atoms with Crippen molar-refractivity contribution < 1.29 is 9.53 Å². The Balaban J connectivity index is 1.92. The van der Waals surface area contributed by atoms with Crippen LogP contribution in [0.3, 0.4) is 0 Å². The molecular formula is C13H12N4O2. The first-order chi connectivity index (χ1) is 9.19. The summed E-state index contributed by atoms with van der Waals surface area (Å²) in [5.41, 5.74) is 1.00. The maximum Gasteiger partial charge on any atom is 0.262 e. The van der Waals surface area contributed by atoms with Gasteiger partial charge in [0.25, 0.3) is 5.91 Å². The Hall–Kier alpha value is -2.81. The van der Waals surface area contributed by atoms with Gasteiger partial charge in [-0.05, 0) is 12.1 Å². The van der Waals surface area contributed by atoms with E-state index in [4.69, 9.17) is 10.00 Å². The Kier molecular flexibility index (Phi) is 3.78. The summed E-state index contributed by atoms with van der Waals surface area (Å²) in [6, 6.07) is 8.77. The summed E-state index contributed by atoms with van der Waals surface area (Å²) in [5, 5.41) is 15.5. The molecule has 0 atom stereocenters. The second-order valence-corrected chi connectivity index (χ2v) is 3.85. The van der Waals surface area contributed by atoms with Crippen molar-refractivity contribution in [2.75, 3.05) is 11.9 Å². The number of anilines is 1. The van der Waals surface area contributed by atoms with Crippen molar-refractivity contribution >= 4 is 11.6 Å². The van der Waals surface area contributed by atoms with Crippen molar-refractivity contribution in [2.24, 2.45) is 7.05 Å². The van der Waals surface area contributed by atoms with Crippen LogP contribution in [0.25, 0.3) is 0 Å². The summed E-state index contributed by atoms with van der Waals surface area (Å²) in [4.78, 5) is 11.6. The number of hydrogen-bond donors (Lipinski definition) is 1. The van der Waals surface area contributed by atoms with Gasteiger partial charge in [0, 0.05) is 13.2 Å². The van der Waals surface area contributed by atoms with Crippen molar-refractivity contribution in [3.8, 4) is 11.8 Å². The predicted octanol–water partition coefficient (Wildman–Crippen LogP) is 1.31. The van der Waals surface area contributed by atoms with E-state index in [1.54, 1.807) is 48.4 Å². The van der Waals surface area contributed by atoms with Crippen molar-refractivity contribution in [1.29, 1.82) is 5.26 Å². The monoisotopic (exact) mass is 256 g/mol. The molecule has 19 heavy (non-hydrogen) atoms. The lowest BCUT2D eigenvalue weighted by atomic mass is 10.2. The summed E-state index contributed by atoms with van der Waals surface area (Å²) in [5.74, 6) is 0.0899. The molecule has 2 rings (SSSR count). The Morgan fingerprint density at radius 1 is 1.53 bits per heavy atom. The molecule has 0 aliphatic heterocycles. The van der Waals surface area contributed by atoms with Gasteiger partial charge in [-0.25, -0.2) is 0 Å². The standard InChI is InChI=1S/C13H12N4O2/c1-17-8-11(7-15-17)16-13(18)9-19-12-5-3-2-4-10(12)6-14/h2-5,7-8H,9H2,1H3,(H,16,18). The molecular weight excluding hydrogens is 244 g/mol. The fourth-order valence-corrected chi connectivity index (χ4v) is 1.51. The zero-order valence-corrected chi connectivity index (χ0v) is 10.3. The van der Waals surface area contributed by atoms with Crippen LogP contribution >= 0.6 is 0 Å². The molecule has 1 heterocycles. The van der Waals surface area contributed by atoms with Crippen molar-refractivity contribution in [3.63, 3.8) is 0 Å². The average molecular weight is 256 g/mol. The molecule has 0 saturated carbocycles. The molecule has 0 radical (unpaired) electrons. The molecule has 0 aliphatic carbocycles. The van der Waals surface area contributed by atoms with Crippen LogP contribution in [0.5, 0.6) is 5.75 Å². The number of benzene rings is 1. The summed E-state index contributed by atoms with van der Waals surface area (Å²) < 4.78 is 6.89. The van der Waals surface area contributed by atoms with Crippen molar-refractivity contribution in [1.82, 2.24) is 9.78 Å². The third kappa shape index (κ3) is 3.33. The van der Waals surface area contributed by atoms with Crippen LogP contribution in [-0.4, -0.2) is 22.3 Å². The van der Waals surface area contributed by atoms with Gasteiger partial charge < -0.3 is 10.1 Å². The van der Waals surface area contributed by atoms with Gasteiger partial charge in [0.2, 0.25) is 0 Å². The molecule has 6 nitrogen and oxygen atoms in total. The van der Waals surface area contributed by atoms with Crippen LogP contribution < -0.4 is 10.1 Å². The first kappa shape index (κ1) is 12.6. The minimum absolute atomic E-state index is 0.159. The first-order valence-electron chi connectivity index (χ1n) is 5.59. The number of amides is 1. The fourth-order valence-electron chi connectivity index (χ4n) is 1.51. The molecule has 1 amide bonds. The minimum atomic E-state index is -0.305. The lowest BCUT2D eigenvalue weighted by molar-refractivity contribution is -0.118. The molecule has 0 fully saturated rings. The smallest absolute Gasteiger partial charge is 0.262 e. The molecule has 1 aromatic heterocycles. The van der Waals surface area contributed by atoms with E-state index in [1.807, 2.05) is 6.07 Å². The molecule has 6 heteroatoms. The van der Waals surface area contributed by atoms with E-state index in [2.05, 4.69) is 10.4 Å². The number of hydrogen-bond acceptors (Lipinski definition) is 4. The molecule has 96 valence electrons. The van der Waals surface area contributed by atoms with Crippen LogP contribution in [0, 0.1) is 11.3 Å². The quantitative estimate of drug-likeness (QED) is 0.894. The molecule has 0 saturated heterocycles. The summed E-state index contributed by atoms with van der Waals surface area (Å²) in [6.45, 7) is -0.159. The van der Waals surface area contributed by atoms with E-state index in [0.717, 1.165) is 0 Å². The van der Waals surface area contributed by atoms with E-state index in [9.17, 15) is 4.79 Å². The van der Waals surface area contributed by atoms with Gasteiger partial charge in [-0.1, -0.05) is 12.1 Å². The zero-order valence-electron chi connectivity index (χ0n) is 10.3. The number of para-hydroxylation sites is 1. The summed E-state index contributed by atoms with van der Waals surface area (Å²) in [6.07, 6.45) is 3.22. The second-order valence-electron chi connectivity index (χ2n) is 3.85. The lowest BCUT2D eigenvalue weighted by Crippen LogP contribution is -2.20. The molecule has 2 aromatic rings. The van der Waals surface area contributed by atoms with Crippen molar-refractivity contribution in [2.45, 2.75) is 0 Å². The SMILES string of the molecule is Cn1cc(NC(=O)COc2ccccc2C#N)cn1. The van der Waals surface area contributed by atoms with Crippen LogP contribution in [0.2, 0.25) is 0 Å². The molecule has 1 N–H and O–H groups in total. The predicted molar refractivity (Wildman–Crippen MR) is 68.5 cm³/mol. The highest BCUT2D eigenvalue weighted by molar-refractivity contribution is 5.91. The number of nitriles is 1. The third-order valence-corrected chi connectivity index (χ3v) is 2.35. The van der Waals surface area contributed by atoms with E-state index in [-0.39, 0.29) is 12.5 Å². The van der Waals surface area contributed by atoms with E-state index in [0.29, 0.717) is 17.0 Å². The van der Waals surface area contributed by atoms with Crippen LogP contribution in [-0.2, 0) is 11.8 Å². The number of nitrogens with zero attached hydrogens (tertiary/aromatic N) is 3. The lowest BCUT2D eigenvalue weighted by Gasteiger charge is -2.07. The van der Waals surface area contributed by atoms with E-state index < -0.39 is 0 Å². The van der Waals surface area contributed by atoms with Gasteiger partial charge in [0.05, 0.1) is 17.4 Å². The van der Waals surface area contributed by atoms with Gasteiger partial charge in [0.1, 0.15) is 11.8 Å². The highest BCUT2D eigenvalue weighted by atomic mass is 16.5. The first-order valence-corrected chi connectivity index (χ1v) is 5.59. The summed E-state index contributed by atoms with van der Waals surface area (Å²) in [7, 11) is 1.76. The van der Waals surface area contributed by atoms with E-state index >= 15 is 0 Å². The van der Waals surface area contributed by atoms with E-state index in [1.165, 1.54) is 0 Å². The topological polar surface area (TPSA) is 79.9 Å². The molecule has 0 spiro atoms. The van der Waals surface area contributed by atoms with Crippen LogP contribution in [0.1, 0.15) is 5.56 Å². The van der Waals surface area contributed by atoms with Crippen molar-refractivity contribution in [3.05, 3.63) is 42.2 Å². The Morgan fingerprint density at radius 3 is 3.00 bits per heavy atom. The largest absolute Gasteiger partial charge is 0.482 e. The second kappa shape index (κ2) is 5.69. The van der Waals surface area contributed by atoms with Gasteiger partial charge in [-0.3, -0.25) is 9.48 Å². The summed E-state index contributed by atoms with van der Waals surface area (Å²) >= 11 is 0. The van der Waals surface area contributed by atoms with Gasteiger partial charge >= 0.3 is 0 Å². The average Bonchev–Trinajstić information content (AvgIpc) is 2.82. The van der Waals surface area contributed by atoms with Crippen LogP contribution in [0.15, 0.2) is 36.7 Å². The molecule has 0 bridgehead atoms.